The van der Waals surface area contributed by atoms with Crippen LogP contribution in [0.25, 0.3) is 99.5 Å². The Kier molecular flexibility index (Phi) is 7.56. The van der Waals surface area contributed by atoms with E-state index in [0.29, 0.717) is 0 Å². The molecule has 2 heterocycles. The maximum absolute atomic E-state index is 2.46. The first-order chi connectivity index (χ1) is 29.4. The van der Waals surface area contributed by atoms with Crippen LogP contribution in [0.2, 0.25) is 0 Å². The highest BCUT2D eigenvalue weighted by Gasteiger charge is 2.35. The van der Waals surface area contributed by atoms with Crippen LogP contribution in [-0.2, 0) is 5.41 Å². The Hall–Kier alpha value is -7.36. The second-order valence-corrected chi connectivity index (χ2v) is 17.1. The molecule has 11 aromatic rings. The summed E-state index contributed by atoms with van der Waals surface area (Å²) in [6.45, 7) is 4.70. The average molecular weight is 765 g/mol. The fraction of sp³-hybridized carbons (Fsp3) is 0.0526. The Balaban J connectivity index is 1.04. The number of hydrogen-bond acceptors (Lipinski definition) is 0. The second-order valence-electron chi connectivity index (χ2n) is 17.1. The van der Waals surface area contributed by atoms with Gasteiger partial charge in [-0.1, -0.05) is 147 Å². The van der Waals surface area contributed by atoms with Gasteiger partial charge in [0.1, 0.15) is 7.85 Å². The third-order valence-electron chi connectivity index (χ3n) is 13.2. The van der Waals surface area contributed by atoms with Gasteiger partial charge in [0.25, 0.3) is 0 Å². The summed E-state index contributed by atoms with van der Waals surface area (Å²) in [5.74, 6) is 0. The van der Waals surface area contributed by atoms with E-state index in [1.54, 1.807) is 0 Å². The van der Waals surface area contributed by atoms with Crippen LogP contribution < -0.4 is 5.46 Å². The molecule has 1 aliphatic rings. The van der Waals surface area contributed by atoms with Crippen molar-refractivity contribution >= 4 is 56.9 Å². The zero-order chi connectivity index (χ0) is 40.1. The number of rotatable bonds is 5. The van der Waals surface area contributed by atoms with Gasteiger partial charge in [0.15, 0.2) is 0 Å². The lowest BCUT2D eigenvalue weighted by Gasteiger charge is -2.21. The lowest BCUT2D eigenvalue weighted by Crippen LogP contribution is -2.14. The third kappa shape index (κ3) is 5.22. The van der Waals surface area contributed by atoms with E-state index in [-0.39, 0.29) is 5.41 Å². The highest BCUT2D eigenvalue weighted by Crippen LogP contribution is 2.49. The molecule has 0 amide bonds. The lowest BCUT2D eigenvalue weighted by atomic mass is 9.82. The first-order valence-corrected chi connectivity index (χ1v) is 21.0. The molecule has 0 atom stereocenters. The molecule has 0 aliphatic heterocycles. The molecule has 282 valence electrons. The molecule has 9 aromatic carbocycles. The summed E-state index contributed by atoms with van der Waals surface area (Å²) in [7, 11) is 2.15. The van der Waals surface area contributed by atoms with Crippen molar-refractivity contribution in [2.24, 2.45) is 0 Å². The monoisotopic (exact) mass is 764 g/mol. The van der Waals surface area contributed by atoms with E-state index >= 15 is 0 Å². The van der Waals surface area contributed by atoms with Gasteiger partial charge >= 0.3 is 0 Å². The molecule has 2 aromatic heterocycles. The van der Waals surface area contributed by atoms with Gasteiger partial charge in [0, 0.05) is 38.3 Å². The third-order valence-corrected chi connectivity index (χ3v) is 13.2. The summed E-state index contributed by atoms with van der Waals surface area (Å²) < 4.78 is 4.86. The molecule has 0 saturated carbocycles. The molecular weight excluding hydrogens is 723 g/mol. The minimum atomic E-state index is -0.0295. The predicted molar refractivity (Wildman–Crippen MR) is 257 cm³/mol. The van der Waals surface area contributed by atoms with Crippen molar-refractivity contribution < 1.29 is 0 Å². The topological polar surface area (TPSA) is 9.86 Å². The van der Waals surface area contributed by atoms with Gasteiger partial charge < -0.3 is 9.13 Å². The summed E-state index contributed by atoms with van der Waals surface area (Å²) in [5, 5.41) is 5.02. The van der Waals surface area contributed by atoms with Crippen LogP contribution in [0, 0.1) is 0 Å². The Morgan fingerprint density at radius 3 is 1.62 bits per heavy atom. The molecule has 0 N–H and O–H groups in total. The Morgan fingerprint density at radius 2 is 0.867 bits per heavy atom. The number of fused-ring (bicyclic) bond motifs is 9. The van der Waals surface area contributed by atoms with Crippen molar-refractivity contribution in [2.45, 2.75) is 19.3 Å². The molecule has 3 heteroatoms. The SMILES string of the molecule is Bc1ccc(-c2cc(-c3ccc4c(c3)c3ccccc3n4-c3ccc4c(c3)-c3ccccc3C4(C)C)cc(-c3ccc4c5ccccc5n(-c5ccccc5)c4c3)c2)cc1. The Morgan fingerprint density at radius 1 is 0.333 bits per heavy atom. The molecule has 1 aliphatic carbocycles. The molecule has 0 radical (unpaired) electrons. The van der Waals surface area contributed by atoms with Crippen LogP contribution in [-0.4, -0.2) is 17.0 Å². The molecule has 0 saturated heterocycles. The highest BCUT2D eigenvalue weighted by atomic mass is 15.0. The van der Waals surface area contributed by atoms with Crippen LogP contribution in [0.1, 0.15) is 25.0 Å². The van der Waals surface area contributed by atoms with E-state index in [1.807, 2.05) is 0 Å². The van der Waals surface area contributed by atoms with E-state index < -0.39 is 0 Å². The molecule has 0 fully saturated rings. The van der Waals surface area contributed by atoms with Gasteiger partial charge in [-0.2, -0.15) is 0 Å². The Bertz CT molecular complexity index is 3510. The molecule has 60 heavy (non-hydrogen) atoms. The van der Waals surface area contributed by atoms with Crippen molar-refractivity contribution in [1.29, 1.82) is 0 Å². The van der Waals surface area contributed by atoms with Gasteiger partial charge in [0.05, 0.1) is 22.1 Å². The maximum atomic E-state index is 2.46. The number of nitrogens with zero attached hydrogens (tertiary/aromatic N) is 2. The van der Waals surface area contributed by atoms with Crippen LogP contribution in [0.5, 0.6) is 0 Å². The van der Waals surface area contributed by atoms with Crippen molar-refractivity contribution in [3.63, 3.8) is 0 Å². The summed E-state index contributed by atoms with van der Waals surface area (Å²) in [6.07, 6.45) is 0. The fourth-order valence-electron chi connectivity index (χ4n) is 10.2. The summed E-state index contributed by atoms with van der Waals surface area (Å²) in [4.78, 5) is 0. The molecule has 2 nitrogen and oxygen atoms in total. The van der Waals surface area contributed by atoms with Crippen molar-refractivity contribution in [3.8, 4) is 55.9 Å². The van der Waals surface area contributed by atoms with Gasteiger partial charge in [-0.15, -0.1) is 0 Å². The van der Waals surface area contributed by atoms with E-state index in [9.17, 15) is 0 Å². The van der Waals surface area contributed by atoms with Gasteiger partial charge in [-0.25, -0.2) is 0 Å². The fourth-order valence-corrected chi connectivity index (χ4v) is 10.2. The number of aromatic nitrogens is 2. The van der Waals surface area contributed by atoms with E-state index in [4.69, 9.17) is 0 Å². The van der Waals surface area contributed by atoms with Crippen LogP contribution >= 0.6 is 0 Å². The molecule has 0 unspecified atom stereocenters. The quantitative estimate of drug-likeness (QED) is 0.155. The maximum Gasteiger partial charge on any atom is 0.139 e. The lowest BCUT2D eigenvalue weighted by molar-refractivity contribution is 0.660. The van der Waals surface area contributed by atoms with Crippen molar-refractivity contribution in [1.82, 2.24) is 9.13 Å². The first kappa shape index (κ1) is 34.7. The first-order valence-electron chi connectivity index (χ1n) is 21.0. The van der Waals surface area contributed by atoms with Gasteiger partial charge in [0.2, 0.25) is 0 Å². The smallest absolute Gasteiger partial charge is 0.139 e. The number of para-hydroxylation sites is 3. The minimum Gasteiger partial charge on any atom is -0.309 e. The highest BCUT2D eigenvalue weighted by molar-refractivity contribution is 6.32. The molecule has 12 rings (SSSR count). The van der Waals surface area contributed by atoms with E-state index in [2.05, 4.69) is 231 Å². The summed E-state index contributed by atoms with van der Waals surface area (Å²) in [6, 6.07) is 74.4. The number of hydrogen-bond donors (Lipinski definition) is 0. The van der Waals surface area contributed by atoms with E-state index in [0.717, 1.165) is 5.69 Å². The molecule has 0 bridgehead atoms. The summed E-state index contributed by atoms with van der Waals surface area (Å²) >= 11 is 0. The van der Waals surface area contributed by atoms with Crippen LogP contribution in [0.15, 0.2) is 200 Å². The molecular formula is C57H41BN2. The number of benzene rings is 9. The zero-order valence-electron chi connectivity index (χ0n) is 33.9. The average Bonchev–Trinajstić information content (AvgIpc) is 3.89. The van der Waals surface area contributed by atoms with Crippen molar-refractivity contribution in [3.05, 3.63) is 211 Å². The zero-order valence-corrected chi connectivity index (χ0v) is 33.9. The standard InChI is InChI=1S/C57H41BN2/c1-57(2)51-17-9-6-14-45(51)49-35-44(26-28-52(49)57)60-54-19-11-8-16-47(54)50-33-37(23-29-55(50)60)40-30-39(36-20-24-42(58)25-21-36)31-41(32-40)38-22-27-48-46-15-7-10-18-53(46)59(56(48)34-38)43-12-4-3-5-13-43/h3-35H,58H2,1-2H3. The largest absolute Gasteiger partial charge is 0.309 e. The van der Waals surface area contributed by atoms with E-state index in [1.165, 1.54) is 110 Å². The predicted octanol–water partition coefficient (Wildman–Crippen LogP) is 13.4. The van der Waals surface area contributed by atoms with Crippen molar-refractivity contribution in [2.75, 3.05) is 0 Å². The molecule has 0 spiro atoms. The van der Waals surface area contributed by atoms with Gasteiger partial charge in [-0.05, 0) is 128 Å². The summed E-state index contributed by atoms with van der Waals surface area (Å²) in [5.41, 5.74) is 21.1. The second kappa shape index (κ2) is 13.1. The van der Waals surface area contributed by atoms with Gasteiger partial charge in [-0.3, -0.25) is 0 Å². The Labute approximate surface area is 351 Å². The minimum absolute atomic E-state index is 0.0295. The normalized spacial score (nSPS) is 13.0. The van der Waals surface area contributed by atoms with Crippen LogP contribution in [0.4, 0.5) is 0 Å². The van der Waals surface area contributed by atoms with Crippen LogP contribution in [0.3, 0.4) is 0 Å².